The molecule has 27 heavy (non-hydrogen) atoms. The molecule has 2 amide bonds. The van der Waals surface area contributed by atoms with Crippen molar-refractivity contribution in [3.8, 4) is 0 Å². The van der Waals surface area contributed by atoms with Crippen LogP contribution in [0.3, 0.4) is 0 Å². The van der Waals surface area contributed by atoms with Gasteiger partial charge < -0.3 is 9.80 Å². The van der Waals surface area contributed by atoms with Crippen LogP contribution in [0.15, 0.2) is 24.3 Å². The van der Waals surface area contributed by atoms with E-state index in [1.54, 1.807) is 0 Å². The Hall–Kier alpha value is -1.84. The SMILES string of the molecule is CC(C)CN1C(=O)c2ccccc2C(C(=O)N2CCCC2)C12CCCCC2. The van der Waals surface area contributed by atoms with Crippen molar-refractivity contribution in [3.63, 3.8) is 0 Å². The molecule has 1 aliphatic carbocycles. The van der Waals surface area contributed by atoms with Gasteiger partial charge in [0.25, 0.3) is 5.91 Å². The van der Waals surface area contributed by atoms with Gasteiger partial charge in [-0.1, -0.05) is 51.3 Å². The summed E-state index contributed by atoms with van der Waals surface area (Å²) in [7, 11) is 0. The van der Waals surface area contributed by atoms with E-state index in [4.69, 9.17) is 0 Å². The van der Waals surface area contributed by atoms with Gasteiger partial charge in [0.1, 0.15) is 0 Å². The number of benzene rings is 1. The number of hydrogen-bond donors (Lipinski definition) is 0. The third-order valence-electron chi connectivity index (χ3n) is 6.75. The van der Waals surface area contributed by atoms with Crippen LogP contribution >= 0.6 is 0 Å². The van der Waals surface area contributed by atoms with Crippen molar-refractivity contribution in [2.45, 2.75) is 70.3 Å². The van der Waals surface area contributed by atoms with Crippen molar-refractivity contribution in [1.82, 2.24) is 9.80 Å². The average molecular weight is 369 g/mol. The van der Waals surface area contributed by atoms with Crippen molar-refractivity contribution in [2.75, 3.05) is 19.6 Å². The summed E-state index contributed by atoms with van der Waals surface area (Å²) in [6.07, 6.45) is 7.51. The van der Waals surface area contributed by atoms with Crippen LogP contribution in [0.2, 0.25) is 0 Å². The summed E-state index contributed by atoms with van der Waals surface area (Å²) in [5.41, 5.74) is 1.38. The van der Waals surface area contributed by atoms with Gasteiger partial charge in [0.15, 0.2) is 0 Å². The molecule has 2 fully saturated rings. The van der Waals surface area contributed by atoms with E-state index in [9.17, 15) is 9.59 Å². The van der Waals surface area contributed by atoms with E-state index in [1.807, 2.05) is 24.3 Å². The van der Waals surface area contributed by atoms with E-state index in [0.29, 0.717) is 5.92 Å². The Kier molecular flexibility index (Phi) is 5.00. The standard InChI is InChI=1S/C23H32N2O2/c1-17(2)16-25-21(26)19-11-5-4-10-18(19)20(22(27)24-14-8-9-15-24)23(25)12-6-3-7-13-23/h4-5,10-11,17,20H,3,6-9,12-16H2,1-2H3. The first-order chi connectivity index (χ1) is 13.0. The van der Waals surface area contributed by atoms with Crippen LogP contribution in [0.4, 0.5) is 0 Å². The zero-order valence-corrected chi connectivity index (χ0v) is 16.7. The highest BCUT2D eigenvalue weighted by molar-refractivity contribution is 6.02. The number of amides is 2. The molecular formula is C23H32N2O2. The minimum Gasteiger partial charge on any atom is -0.342 e. The van der Waals surface area contributed by atoms with Gasteiger partial charge in [0, 0.05) is 25.2 Å². The van der Waals surface area contributed by atoms with Gasteiger partial charge in [-0.2, -0.15) is 0 Å². The minimum atomic E-state index is -0.340. The third-order valence-corrected chi connectivity index (χ3v) is 6.75. The molecule has 4 nitrogen and oxygen atoms in total. The Morgan fingerprint density at radius 1 is 1.07 bits per heavy atom. The van der Waals surface area contributed by atoms with E-state index < -0.39 is 0 Å². The summed E-state index contributed by atoms with van der Waals surface area (Å²) >= 11 is 0. The van der Waals surface area contributed by atoms with Gasteiger partial charge in [-0.25, -0.2) is 0 Å². The quantitative estimate of drug-likeness (QED) is 0.802. The largest absolute Gasteiger partial charge is 0.342 e. The zero-order chi connectivity index (χ0) is 19.0. The maximum atomic E-state index is 13.8. The molecule has 1 spiro atoms. The van der Waals surface area contributed by atoms with E-state index in [-0.39, 0.29) is 23.3 Å². The second kappa shape index (κ2) is 7.29. The summed E-state index contributed by atoms with van der Waals surface area (Å²) in [5, 5.41) is 0. The number of hydrogen-bond acceptors (Lipinski definition) is 2. The molecule has 0 N–H and O–H groups in total. The molecule has 2 heterocycles. The summed E-state index contributed by atoms with van der Waals surface area (Å²) in [6, 6.07) is 7.88. The summed E-state index contributed by atoms with van der Waals surface area (Å²) in [5.74, 6) is 0.568. The summed E-state index contributed by atoms with van der Waals surface area (Å²) in [6.45, 7) is 6.80. The van der Waals surface area contributed by atoms with Crippen LogP contribution in [0.25, 0.3) is 0 Å². The lowest BCUT2D eigenvalue weighted by atomic mass is 9.65. The highest BCUT2D eigenvalue weighted by Crippen LogP contribution is 2.50. The predicted molar refractivity (Wildman–Crippen MR) is 107 cm³/mol. The van der Waals surface area contributed by atoms with Gasteiger partial charge >= 0.3 is 0 Å². The van der Waals surface area contributed by atoms with Gasteiger partial charge in [-0.15, -0.1) is 0 Å². The molecule has 0 aromatic heterocycles. The van der Waals surface area contributed by atoms with Crippen LogP contribution in [-0.2, 0) is 4.79 Å². The Morgan fingerprint density at radius 2 is 1.74 bits per heavy atom. The Bertz CT molecular complexity index is 715. The van der Waals surface area contributed by atoms with Gasteiger partial charge in [0.2, 0.25) is 5.91 Å². The molecule has 1 atom stereocenters. The molecule has 1 saturated heterocycles. The lowest BCUT2D eigenvalue weighted by molar-refractivity contribution is -0.137. The lowest BCUT2D eigenvalue weighted by Crippen LogP contribution is -2.63. The number of carbonyl (C=O) groups is 2. The molecule has 4 rings (SSSR count). The van der Waals surface area contributed by atoms with E-state index in [1.165, 1.54) is 6.42 Å². The second-order valence-corrected chi connectivity index (χ2v) is 9.03. The molecule has 3 aliphatic rings. The van der Waals surface area contributed by atoms with Crippen LogP contribution in [0.5, 0.6) is 0 Å². The summed E-state index contributed by atoms with van der Waals surface area (Å²) in [4.78, 5) is 31.4. The highest BCUT2D eigenvalue weighted by atomic mass is 16.2. The number of fused-ring (bicyclic) bond motifs is 1. The van der Waals surface area contributed by atoms with Crippen LogP contribution in [-0.4, -0.2) is 46.8 Å². The molecule has 0 bridgehead atoms. The van der Waals surface area contributed by atoms with Crippen LogP contribution in [0, 0.1) is 5.92 Å². The fraction of sp³-hybridized carbons (Fsp3) is 0.652. The molecule has 1 aromatic carbocycles. The van der Waals surface area contributed by atoms with Crippen molar-refractivity contribution in [3.05, 3.63) is 35.4 Å². The zero-order valence-electron chi connectivity index (χ0n) is 16.7. The normalized spacial score (nSPS) is 24.6. The number of carbonyl (C=O) groups excluding carboxylic acids is 2. The van der Waals surface area contributed by atoms with Gasteiger partial charge in [-0.3, -0.25) is 9.59 Å². The minimum absolute atomic E-state index is 0.131. The summed E-state index contributed by atoms with van der Waals surface area (Å²) < 4.78 is 0. The third kappa shape index (κ3) is 3.07. The molecule has 1 saturated carbocycles. The topological polar surface area (TPSA) is 40.6 Å². The number of likely N-dealkylation sites (tertiary alicyclic amines) is 1. The number of nitrogens with zero attached hydrogens (tertiary/aromatic N) is 2. The monoisotopic (exact) mass is 368 g/mol. The van der Waals surface area contributed by atoms with Crippen LogP contribution in [0.1, 0.15) is 80.6 Å². The first-order valence-electron chi connectivity index (χ1n) is 10.7. The van der Waals surface area contributed by atoms with Gasteiger partial charge in [0.05, 0.1) is 11.5 Å². The molecular weight excluding hydrogens is 336 g/mol. The second-order valence-electron chi connectivity index (χ2n) is 9.03. The maximum absolute atomic E-state index is 13.8. The van der Waals surface area contributed by atoms with E-state index in [2.05, 4.69) is 23.6 Å². The first kappa shape index (κ1) is 18.5. The molecule has 1 unspecified atom stereocenters. The molecule has 4 heteroatoms. The molecule has 1 aromatic rings. The predicted octanol–water partition coefficient (Wildman–Crippen LogP) is 4.21. The first-order valence-corrected chi connectivity index (χ1v) is 10.7. The van der Waals surface area contributed by atoms with E-state index in [0.717, 1.165) is 69.3 Å². The maximum Gasteiger partial charge on any atom is 0.254 e. The van der Waals surface area contributed by atoms with Crippen molar-refractivity contribution in [1.29, 1.82) is 0 Å². The van der Waals surface area contributed by atoms with Crippen LogP contribution < -0.4 is 0 Å². The lowest BCUT2D eigenvalue weighted by Gasteiger charge is -2.54. The number of rotatable bonds is 3. The highest BCUT2D eigenvalue weighted by Gasteiger charge is 2.55. The van der Waals surface area contributed by atoms with Crippen molar-refractivity contribution >= 4 is 11.8 Å². The Morgan fingerprint density at radius 3 is 2.41 bits per heavy atom. The van der Waals surface area contributed by atoms with E-state index >= 15 is 0 Å². The molecule has 146 valence electrons. The smallest absolute Gasteiger partial charge is 0.254 e. The van der Waals surface area contributed by atoms with Crippen molar-refractivity contribution < 1.29 is 9.59 Å². The Balaban J connectivity index is 1.86. The fourth-order valence-electron chi connectivity index (χ4n) is 5.57. The molecule has 0 radical (unpaired) electrons. The molecule has 2 aliphatic heterocycles. The van der Waals surface area contributed by atoms with Gasteiger partial charge in [-0.05, 0) is 43.2 Å². The van der Waals surface area contributed by atoms with Crippen molar-refractivity contribution in [2.24, 2.45) is 5.92 Å². The fourth-order valence-corrected chi connectivity index (χ4v) is 5.57. The average Bonchev–Trinajstić information content (AvgIpc) is 3.21. The Labute approximate surface area is 162 Å².